The molecule has 0 radical (unpaired) electrons. The van der Waals surface area contributed by atoms with Gasteiger partial charge in [-0.15, -0.1) is 0 Å². The Morgan fingerprint density at radius 2 is 2.18 bits per heavy atom. The van der Waals surface area contributed by atoms with Crippen LogP contribution in [-0.4, -0.2) is 12.2 Å². The maximum absolute atomic E-state index is 10.2. The zero-order valence-electron chi connectivity index (χ0n) is 6.42. The van der Waals surface area contributed by atoms with Gasteiger partial charge < -0.3 is 5.73 Å². The van der Waals surface area contributed by atoms with Gasteiger partial charge in [0.1, 0.15) is 0 Å². The van der Waals surface area contributed by atoms with Crippen LogP contribution in [0, 0.1) is 5.92 Å². The first-order valence-corrected chi connectivity index (χ1v) is 3.87. The van der Waals surface area contributed by atoms with E-state index in [2.05, 4.69) is 10.5 Å². The monoisotopic (exact) mass is 155 g/mol. The molecule has 1 aliphatic rings. The molecule has 4 nitrogen and oxygen atoms in total. The number of urea groups is 1. The minimum Gasteiger partial charge on any atom is -0.350 e. The zero-order valence-corrected chi connectivity index (χ0v) is 6.42. The van der Waals surface area contributed by atoms with Gasteiger partial charge in [-0.3, -0.25) is 0 Å². The van der Waals surface area contributed by atoms with Crippen LogP contribution in [0.2, 0.25) is 0 Å². The lowest BCUT2D eigenvalue weighted by atomic mass is 10.1. The van der Waals surface area contributed by atoms with Gasteiger partial charge in [-0.25, -0.2) is 10.2 Å². The van der Waals surface area contributed by atoms with Crippen LogP contribution >= 0.6 is 0 Å². The lowest BCUT2D eigenvalue weighted by Crippen LogP contribution is -2.24. The molecule has 0 aliphatic heterocycles. The Hall–Kier alpha value is -1.06. The fraction of sp³-hybridized carbons (Fsp3) is 0.714. The topological polar surface area (TPSA) is 67.5 Å². The molecule has 1 fully saturated rings. The summed E-state index contributed by atoms with van der Waals surface area (Å²) in [7, 11) is 0. The van der Waals surface area contributed by atoms with Gasteiger partial charge in [-0.1, -0.05) is 12.8 Å². The van der Waals surface area contributed by atoms with Crippen LogP contribution in [0.5, 0.6) is 0 Å². The number of carbonyl (C=O) groups excluding carboxylic acids is 1. The van der Waals surface area contributed by atoms with Crippen molar-refractivity contribution < 1.29 is 4.79 Å². The summed E-state index contributed by atoms with van der Waals surface area (Å²) in [6, 6.07) is -0.598. The largest absolute Gasteiger partial charge is 0.350 e. The van der Waals surface area contributed by atoms with E-state index in [4.69, 9.17) is 5.73 Å². The molecule has 0 unspecified atom stereocenters. The van der Waals surface area contributed by atoms with E-state index in [-0.39, 0.29) is 0 Å². The Morgan fingerprint density at radius 1 is 1.55 bits per heavy atom. The highest BCUT2D eigenvalue weighted by Crippen LogP contribution is 2.22. The van der Waals surface area contributed by atoms with Crippen molar-refractivity contribution in [2.45, 2.75) is 25.7 Å². The number of nitrogens with one attached hydrogen (secondary N) is 1. The van der Waals surface area contributed by atoms with Gasteiger partial charge in [-0.2, -0.15) is 5.10 Å². The molecule has 0 aromatic heterocycles. The predicted molar refractivity (Wildman–Crippen MR) is 43.2 cm³/mol. The molecule has 3 N–H and O–H groups in total. The van der Waals surface area contributed by atoms with Crippen LogP contribution in [-0.2, 0) is 0 Å². The van der Waals surface area contributed by atoms with Crippen molar-refractivity contribution in [3.05, 3.63) is 0 Å². The van der Waals surface area contributed by atoms with Gasteiger partial charge in [0.15, 0.2) is 0 Å². The molecule has 0 atom stereocenters. The fourth-order valence-electron chi connectivity index (χ4n) is 1.31. The highest BCUT2D eigenvalue weighted by atomic mass is 16.2. The van der Waals surface area contributed by atoms with Crippen LogP contribution in [0.3, 0.4) is 0 Å². The average molecular weight is 155 g/mol. The van der Waals surface area contributed by atoms with Crippen molar-refractivity contribution >= 4 is 12.2 Å². The third-order valence-corrected chi connectivity index (χ3v) is 1.86. The van der Waals surface area contributed by atoms with Crippen molar-refractivity contribution in [2.75, 3.05) is 0 Å². The number of nitrogens with zero attached hydrogens (tertiary/aromatic N) is 1. The number of rotatable bonds is 2. The Bertz CT molecular complexity index is 161. The number of carbonyl (C=O) groups is 1. The summed E-state index contributed by atoms with van der Waals surface area (Å²) in [5.41, 5.74) is 6.99. The van der Waals surface area contributed by atoms with Crippen molar-refractivity contribution in [3.63, 3.8) is 0 Å². The van der Waals surface area contributed by atoms with E-state index in [9.17, 15) is 4.79 Å². The molecule has 0 aromatic rings. The van der Waals surface area contributed by atoms with E-state index in [1.165, 1.54) is 25.7 Å². The molecule has 62 valence electrons. The Morgan fingerprint density at radius 3 is 2.73 bits per heavy atom. The predicted octanol–water partition coefficient (Wildman–Crippen LogP) is 0.831. The summed E-state index contributed by atoms with van der Waals surface area (Å²) in [5, 5.41) is 3.70. The second kappa shape index (κ2) is 3.95. The molecular formula is C7H13N3O. The molecule has 0 bridgehead atoms. The van der Waals surface area contributed by atoms with E-state index in [1.807, 2.05) is 0 Å². The Balaban J connectivity index is 2.17. The lowest BCUT2D eigenvalue weighted by molar-refractivity contribution is 0.249. The van der Waals surface area contributed by atoms with Gasteiger partial charge in [0.05, 0.1) is 0 Å². The normalized spacial score (nSPS) is 19.3. The molecule has 1 rings (SSSR count). The van der Waals surface area contributed by atoms with Crippen molar-refractivity contribution in [3.8, 4) is 0 Å². The van der Waals surface area contributed by atoms with E-state index in [0.29, 0.717) is 5.92 Å². The van der Waals surface area contributed by atoms with Crippen molar-refractivity contribution in [2.24, 2.45) is 16.8 Å². The molecule has 1 saturated carbocycles. The molecule has 4 heteroatoms. The van der Waals surface area contributed by atoms with E-state index >= 15 is 0 Å². The first-order valence-electron chi connectivity index (χ1n) is 3.87. The summed E-state index contributed by atoms with van der Waals surface area (Å²) in [6.07, 6.45) is 6.69. The third kappa shape index (κ3) is 3.02. The Labute approximate surface area is 65.8 Å². The summed E-state index contributed by atoms with van der Waals surface area (Å²) in [6.45, 7) is 0. The van der Waals surface area contributed by atoms with E-state index in [1.54, 1.807) is 6.21 Å². The number of hydrogen-bond donors (Lipinski definition) is 2. The van der Waals surface area contributed by atoms with E-state index in [0.717, 1.165) is 0 Å². The first kappa shape index (κ1) is 8.04. The highest BCUT2D eigenvalue weighted by molar-refractivity contribution is 5.73. The first-order chi connectivity index (χ1) is 5.29. The van der Waals surface area contributed by atoms with Gasteiger partial charge in [-0.05, 0) is 18.8 Å². The Kier molecular flexibility index (Phi) is 2.89. The minimum absolute atomic E-state index is 0.543. The number of amides is 2. The van der Waals surface area contributed by atoms with Gasteiger partial charge in [0.2, 0.25) is 0 Å². The second-order valence-corrected chi connectivity index (χ2v) is 2.80. The SMILES string of the molecule is NC(=O)NN=CC1CCCC1. The van der Waals surface area contributed by atoms with Crippen LogP contribution < -0.4 is 11.2 Å². The molecule has 11 heavy (non-hydrogen) atoms. The van der Waals surface area contributed by atoms with Gasteiger partial charge in [0, 0.05) is 6.21 Å². The molecule has 1 aliphatic carbocycles. The standard InChI is InChI=1S/C7H13N3O/c8-7(11)10-9-5-6-3-1-2-4-6/h5-6H,1-4H2,(H3,8,10,11). The van der Waals surface area contributed by atoms with Crippen LogP contribution in [0.25, 0.3) is 0 Å². The molecule has 0 heterocycles. The molecular weight excluding hydrogens is 142 g/mol. The summed E-state index contributed by atoms with van der Waals surface area (Å²) >= 11 is 0. The van der Waals surface area contributed by atoms with Crippen LogP contribution in [0.15, 0.2) is 5.10 Å². The zero-order chi connectivity index (χ0) is 8.10. The van der Waals surface area contributed by atoms with Crippen LogP contribution in [0.4, 0.5) is 4.79 Å². The highest BCUT2D eigenvalue weighted by Gasteiger charge is 2.11. The minimum atomic E-state index is -0.598. The smallest absolute Gasteiger partial charge is 0.332 e. The molecule has 0 saturated heterocycles. The maximum atomic E-state index is 10.2. The third-order valence-electron chi connectivity index (χ3n) is 1.86. The molecule has 2 amide bonds. The number of hydrogen-bond acceptors (Lipinski definition) is 2. The van der Waals surface area contributed by atoms with Gasteiger partial charge in [0.25, 0.3) is 0 Å². The number of hydrazone groups is 1. The summed E-state index contributed by atoms with van der Waals surface area (Å²) in [4.78, 5) is 10.2. The van der Waals surface area contributed by atoms with E-state index < -0.39 is 6.03 Å². The van der Waals surface area contributed by atoms with Crippen molar-refractivity contribution in [1.29, 1.82) is 0 Å². The summed E-state index contributed by atoms with van der Waals surface area (Å²) < 4.78 is 0. The number of primary amides is 1. The van der Waals surface area contributed by atoms with Crippen molar-refractivity contribution in [1.82, 2.24) is 5.43 Å². The second-order valence-electron chi connectivity index (χ2n) is 2.80. The quantitative estimate of drug-likeness (QED) is 0.450. The average Bonchev–Trinajstić information content (AvgIpc) is 2.39. The van der Waals surface area contributed by atoms with Gasteiger partial charge >= 0.3 is 6.03 Å². The lowest BCUT2D eigenvalue weighted by Gasteiger charge is -1.98. The number of nitrogens with two attached hydrogens (primary N) is 1. The van der Waals surface area contributed by atoms with Crippen LogP contribution in [0.1, 0.15) is 25.7 Å². The fourth-order valence-corrected chi connectivity index (χ4v) is 1.31. The summed E-state index contributed by atoms with van der Waals surface area (Å²) in [5.74, 6) is 0.543. The molecule has 0 aromatic carbocycles. The maximum Gasteiger partial charge on any atom is 0.332 e. The molecule has 0 spiro atoms.